The van der Waals surface area contributed by atoms with Crippen molar-refractivity contribution < 1.29 is 19.4 Å². The Morgan fingerprint density at radius 1 is 1.26 bits per heavy atom. The van der Waals surface area contributed by atoms with Gasteiger partial charge < -0.3 is 19.7 Å². The third-order valence-electron chi connectivity index (χ3n) is 4.87. The van der Waals surface area contributed by atoms with Gasteiger partial charge in [0, 0.05) is 11.1 Å². The van der Waals surface area contributed by atoms with Crippen LogP contribution in [0.25, 0.3) is 11.0 Å². The van der Waals surface area contributed by atoms with Crippen molar-refractivity contribution in [1.82, 2.24) is 9.55 Å². The average Bonchev–Trinajstić information content (AvgIpc) is 3.35. The lowest BCUT2D eigenvalue weighted by Gasteiger charge is -2.18. The molecule has 0 aliphatic heterocycles. The second kappa shape index (κ2) is 8.91. The van der Waals surface area contributed by atoms with Gasteiger partial charge in [0.15, 0.2) is 5.75 Å². The largest absolute Gasteiger partial charge is 0.494 e. The molecule has 0 aliphatic rings. The number of ether oxygens (including phenoxy) is 1. The number of carboxylic acids is 1. The van der Waals surface area contributed by atoms with Crippen molar-refractivity contribution in [1.29, 1.82) is 0 Å². The number of thiophene rings is 1. The summed E-state index contributed by atoms with van der Waals surface area (Å²) in [7, 11) is 1.52. The zero-order valence-electron chi connectivity index (χ0n) is 16.4. The lowest BCUT2D eigenvalue weighted by atomic mass is 10.0. The highest BCUT2D eigenvalue weighted by molar-refractivity contribution is 9.11. The van der Waals surface area contributed by atoms with Crippen LogP contribution in [-0.4, -0.2) is 33.6 Å². The van der Waals surface area contributed by atoms with Crippen molar-refractivity contribution in [3.8, 4) is 5.75 Å². The summed E-state index contributed by atoms with van der Waals surface area (Å²) in [6, 6.07) is 14.4. The molecule has 0 fully saturated rings. The van der Waals surface area contributed by atoms with E-state index in [1.165, 1.54) is 18.4 Å². The number of aliphatic carboxylic acids is 1. The van der Waals surface area contributed by atoms with E-state index < -0.39 is 12.0 Å². The Kier molecular flexibility index (Phi) is 6.06. The number of amides is 1. The number of benzene rings is 2. The first kappa shape index (κ1) is 21.1. The van der Waals surface area contributed by atoms with E-state index in [1.807, 2.05) is 41.0 Å². The fraction of sp³-hybridized carbons (Fsp3) is 0.136. The maximum atomic E-state index is 12.7. The molecule has 2 heterocycles. The summed E-state index contributed by atoms with van der Waals surface area (Å²) < 4.78 is 7.89. The third-order valence-corrected chi connectivity index (χ3v) is 6.54. The van der Waals surface area contributed by atoms with Crippen LogP contribution in [0.5, 0.6) is 5.75 Å². The highest BCUT2D eigenvalue weighted by Gasteiger charge is 2.21. The van der Waals surface area contributed by atoms with Gasteiger partial charge in [0.05, 0.1) is 42.5 Å². The number of anilines is 1. The van der Waals surface area contributed by atoms with Gasteiger partial charge in [-0.1, -0.05) is 30.3 Å². The lowest BCUT2D eigenvalue weighted by molar-refractivity contribution is -0.137. The van der Waals surface area contributed by atoms with Gasteiger partial charge in [-0.15, -0.1) is 11.3 Å². The smallest absolute Gasteiger partial charge is 0.305 e. The first-order valence-electron chi connectivity index (χ1n) is 9.33. The minimum Gasteiger partial charge on any atom is -0.494 e. The van der Waals surface area contributed by atoms with Crippen LogP contribution in [0.15, 0.2) is 64.0 Å². The number of hydrogen-bond acceptors (Lipinski definition) is 5. The van der Waals surface area contributed by atoms with E-state index in [1.54, 1.807) is 23.8 Å². The van der Waals surface area contributed by atoms with E-state index in [-0.39, 0.29) is 12.3 Å². The maximum absolute atomic E-state index is 12.7. The molecule has 1 amide bonds. The normalized spacial score (nSPS) is 11.9. The highest BCUT2D eigenvalue weighted by atomic mass is 79.9. The number of nitrogens with zero attached hydrogens (tertiary/aromatic N) is 2. The molecule has 0 radical (unpaired) electrons. The fourth-order valence-corrected chi connectivity index (χ4v) is 4.84. The van der Waals surface area contributed by atoms with Crippen LogP contribution in [-0.2, 0) is 4.79 Å². The Morgan fingerprint density at radius 2 is 2.03 bits per heavy atom. The first-order valence-corrected chi connectivity index (χ1v) is 11.0. The number of aromatic nitrogens is 2. The van der Waals surface area contributed by atoms with Crippen molar-refractivity contribution in [3.63, 3.8) is 0 Å². The molecule has 7 nitrogen and oxygen atoms in total. The van der Waals surface area contributed by atoms with Crippen LogP contribution >= 0.6 is 27.3 Å². The third kappa shape index (κ3) is 4.33. The number of imidazole rings is 1. The van der Waals surface area contributed by atoms with E-state index in [0.29, 0.717) is 22.5 Å². The van der Waals surface area contributed by atoms with Crippen molar-refractivity contribution >= 4 is 55.9 Å². The molecule has 2 aromatic carbocycles. The molecule has 0 saturated heterocycles. The summed E-state index contributed by atoms with van der Waals surface area (Å²) in [6.07, 6.45) is 1.57. The van der Waals surface area contributed by atoms with E-state index >= 15 is 0 Å². The first-order chi connectivity index (χ1) is 15.0. The van der Waals surface area contributed by atoms with Crippen molar-refractivity contribution in [3.05, 3.63) is 75.2 Å². The molecule has 2 N–H and O–H groups in total. The lowest BCUT2D eigenvalue weighted by Crippen LogP contribution is -2.14. The van der Waals surface area contributed by atoms with Gasteiger partial charge in [-0.05, 0) is 39.7 Å². The summed E-state index contributed by atoms with van der Waals surface area (Å²) in [5.74, 6) is -0.687. The second-order valence-electron chi connectivity index (χ2n) is 6.79. The van der Waals surface area contributed by atoms with Crippen LogP contribution in [0.4, 0.5) is 5.69 Å². The minimum absolute atomic E-state index is 0.0687. The number of hydrogen-bond donors (Lipinski definition) is 2. The number of carbonyl (C=O) groups is 2. The van der Waals surface area contributed by atoms with E-state index in [9.17, 15) is 14.7 Å². The van der Waals surface area contributed by atoms with Gasteiger partial charge in [-0.2, -0.15) is 0 Å². The summed E-state index contributed by atoms with van der Waals surface area (Å²) in [6.45, 7) is 0. The molecular weight excluding hydrogens is 482 g/mol. The zero-order chi connectivity index (χ0) is 22.0. The Balaban J connectivity index is 1.64. The Hall–Kier alpha value is -3.17. The van der Waals surface area contributed by atoms with Gasteiger partial charge in [0.1, 0.15) is 3.79 Å². The number of carbonyl (C=O) groups excluding carboxylic acids is 1. The SMILES string of the molecule is COc1c(C(=O)Nc2ccc3c(c2)ncn3C(CC(=O)O)c2ccccc2)csc1Br. The number of methoxy groups -OCH3 is 1. The number of halogens is 1. The van der Waals surface area contributed by atoms with Gasteiger partial charge in [0.25, 0.3) is 5.91 Å². The summed E-state index contributed by atoms with van der Waals surface area (Å²) >= 11 is 4.75. The number of nitrogens with one attached hydrogen (secondary N) is 1. The number of rotatable bonds is 7. The summed E-state index contributed by atoms with van der Waals surface area (Å²) in [5.41, 5.74) is 3.35. The molecule has 1 atom stereocenters. The van der Waals surface area contributed by atoms with Crippen LogP contribution in [0.2, 0.25) is 0 Å². The maximum Gasteiger partial charge on any atom is 0.305 e. The molecule has 0 aliphatic carbocycles. The molecule has 9 heteroatoms. The molecule has 0 spiro atoms. The molecule has 158 valence electrons. The zero-order valence-corrected chi connectivity index (χ0v) is 18.8. The average molecular weight is 500 g/mol. The van der Waals surface area contributed by atoms with Crippen LogP contribution in [0, 0.1) is 0 Å². The topological polar surface area (TPSA) is 93.5 Å². The van der Waals surface area contributed by atoms with Crippen LogP contribution < -0.4 is 10.1 Å². The summed E-state index contributed by atoms with van der Waals surface area (Å²) in [5, 5.41) is 14.0. The van der Waals surface area contributed by atoms with Gasteiger partial charge in [-0.25, -0.2) is 4.98 Å². The second-order valence-corrected chi connectivity index (χ2v) is 8.99. The van der Waals surface area contributed by atoms with E-state index in [4.69, 9.17) is 4.74 Å². The number of fused-ring (bicyclic) bond motifs is 1. The monoisotopic (exact) mass is 499 g/mol. The molecular formula is C22H18BrN3O4S. The fourth-order valence-electron chi connectivity index (χ4n) is 3.44. The number of carboxylic acid groups (broad SMARTS) is 1. The quantitative estimate of drug-likeness (QED) is 0.365. The van der Waals surface area contributed by atoms with E-state index in [2.05, 4.69) is 26.2 Å². The van der Waals surface area contributed by atoms with Crippen molar-refractivity contribution in [2.75, 3.05) is 12.4 Å². The molecule has 2 aromatic heterocycles. The standard InChI is InChI=1S/C22H18BrN3O4S/c1-30-20-15(11-31-21(20)23)22(29)25-14-7-8-17-16(9-14)24-12-26(17)18(10-19(27)28)13-5-3-2-4-6-13/h2-9,11-12,18H,10H2,1H3,(H,25,29)(H,27,28). The van der Waals surface area contributed by atoms with Gasteiger partial charge >= 0.3 is 5.97 Å². The summed E-state index contributed by atoms with van der Waals surface area (Å²) in [4.78, 5) is 28.6. The highest BCUT2D eigenvalue weighted by Crippen LogP contribution is 2.36. The Morgan fingerprint density at radius 3 is 2.74 bits per heavy atom. The van der Waals surface area contributed by atoms with Crippen molar-refractivity contribution in [2.45, 2.75) is 12.5 Å². The molecule has 0 bridgehead atoms. The predicted octanol–water partition coefficient (Wildman–Crippen LogP) is 5.19. The van der Waals surface area contributed by atoms with Gasteiger partial charge in [-0.3, -0.25) is 9.59 Å². The van der Waals surface area contributed by atoms with Crippen LogP contribution in [0.1, 0.15) is 28.4 Å². The predicted molar refractivity (Wildman–Crippen MR) is 123 cm³/mol. The van der Waals surface area contributed by atoms with E-state index in [0.717, 1.165) is 14.9 Å². The molecule has 4 rings (SSSR count). The Labute approximate surface area is 190 Å². The Bertz CT molecular complexity index is 1250. The molecule has 31 heavy (non-hydrogen) atoms. The van der Waals surface area contributed by atoms with Crippen molar-refractivity contribution in [2.24, 2.45) is 0 Å². The molecule has 1 unspecified atom stereocenters. The molecule has 0 saturated carbocycles. The van der Waals surface area contributed by atoms with Gasteiger partial charge in [0.2, 0.25) is 0 Å². The minimum atomic E-state index is -0.893. The molecule has 4 aromatic rings. The van der Waals surface area contributed by atoms with Crippen LogP contribution in [0.3, 0.4) is 0 Å².